The van der Waals surface area contributed by atoms with E-state index in [0.29, 0.717) is 6.04 Å². The maximum absolute atomic E-state index is 6.43. The van der Waals surface area contributed by atoms with Crippen molar-refractivity contribution in [1.29, 1.82) is 0 Å². The quantitative estimate of drug-likeness (QED) is 0.938. The molecule has 0 amide bonds. The van der Waals surface area contributed by atoms with Crippen molar-refractivity contribution in [2.24, 2.45) is 5.73 Å². The number of hydrogen-bond donors (Lipinski definition) is 1. The van der Waals surface area contributed by atoms with Crippen LogP contribution in [0.2, 0.25) is 0 Å². The van der Waals surface area contributed by atoms with Crippen molar-refractivity contribution < 1.29 is 4.74 Å². The van der Waals surface area contributed by atoms with E-state index >= 15 is 0 Å². The number of likely N-dealkylation sites (tertiary alicyclic amines) is 1. The highest BCUT2D eigenvalue weighted by molar-refractivity contribution is 5.83. The highest BCUT2D eigenvalue weighted by atomic mass is 16.5. The standard InChI is InChI=1S/C18H24N2O/c1-21-12-11-20-10-4-7-17(19)18(20)16-9-8-14-5-2-3-6-15(14)13-16/h2-3,5-6,8-9,13,17-18H,4,7,10-12,19H2,1H3. The van der Waals surface area contributed by atoms with E-state index in [2.05, 4.69) is 47.4 Å². The number of hydrogen-bond acceptors (Lipinski definition) is 3. The molecule has 0 spiro atoms. The molecule has 0 radical (unpaired) electrons. The van der Waals surface area contributed by atoms with E-state index in [0.717, 1.165) is 26.1 Å². The number of benzene rings is 2. The fourth-order valence-electron chi connectivity index (χ4n) is 3.41. The fourth-order valence-corrected chi connectivity index (χ4v) is 3.41. The number of ether oxygens (including phenoxy) is 1. The van der Waals surface area contributed by atoms with Crippen LogP contribution in [0.1, 0.15) is 24.4 Å². The van der Waals surface area contributed by atoms with Crippen molar-refractivity contribution in [3.63, 3.8) is 0 Å². The molecule has 112 valence electrons. The van der Waals surface area contributed by atoms with E-state index in [1.165, 1.54) is 22.8 Å². The predicted molar refractivity (Wildman–Crippen MR) is 87.3 cm³/mol. The molecule has 2 aromatic carbocycles. The zero-order valence-electron chi connectivity index (χ0n) is 12.7. The molecule has 2 unspecified atom stereocenters. The molecule has 2 N–H and O–H groups in total. The monoisotopic (exact) mass is 284 g/mol. The molecule has 0 saturated carbocycles. The maximum Gasteiger partial charge on any atom is 0.0589 e. The van der Waals surface area contributed by atoms with Crippen LogP contribution in [-0.4, -0.2) is 37.7 Å². The summed E-state index contributed by atoms with van der Waals surface area (Å²) in [6.45, 7) is 2.81. The largest absolute Gasteiger partial charge is 0.383 e. The molecular formula is C18H24N2O. The summed E-state index contributed by atoms with van der Waals surface area (Å²) >= 11 is 0. The van der Waals surface area contributed by atoms with Gasteiger partial charge in [0.15, 0.2) is 0 Å². The van der Waals surface area contributed by atoms with Crippen LogP contribution in [0.15, 0.2) is 42.5 Å². The number of fused-ring (bicyclic) bond motifs is 1. The average molecular weight is 284 g/mol. The first-order valence-electron chi connectivity index (χ1n) is 7.77. The van der Waals surface area contributed by atoms with Gasteiger partial charge in [-0.2, -0.15) is 0 Å². The molecule has 3 heteroatoms. The van der Waals surface area contributed by atoms with E-state index in [1.807, 2.05) is 0 Å². The fraction of sp³-hybridized carbons (Fsp3) is 0.444. The number of nitrogens with two attached hydrogens (primary N) is 1. The lowest BCUT2D eigenvalue weighted by molar-refractivity contribution is 0.0848. The minimum atomic E-state index is 0.205. The second kappa shape index (κ2) is 6.56. The van der Waals surface area contributed by atoms with Gasteiger partial charge in [-0.15, -0.1) is 0 Å². The van der Waals surface area contributed by atoms with Crippen LogP contribution < -0.4 is 5.73 Å². The molecule has 21 heavy (non-hydrogen) atoms. The highest BCUT2D eigenvalue weighted by Gasteiger charge is 2.30. The molecule has 1 aliphatic heterocycles. The maximum atomic E-state index is 6.43. The Labute approximate surface area is 126 Å². The third-order valence-electron chi connectivity index (χ3n) is 4.48. The minimum absolute atomic E-state index is 0.205. The van der Waals surface area contributed by atoms with Gasteiger partial charge in [0.25, 0.3) is 0 Å². The van der Waals surface area contributed by atoms with Crippen molar-refractivity contribution >= 4 is 10.8 Å². The molecule has 3 nitrogen and oxygen atoms in total. The Kier molecular flexibility index (Phi) is 4.54. The first-order valence-corrected chi connectivity index (χ1v) is 7.77. The van der Waals surface area contributed by atoms with E-state index in [1.54, 1.807) is 7.11 Å². The Balaban J connectivity index is 1.92. The molecule has 0 bridgehead atoms. The Morgan fingerprint density at radius 2 is 2.00 bits per heavy atom. The van der Waals surface area contributed by atoms with Crippen LogP contribution in [-0.2, 0) is 4.74 Å². The van der Waals surface area contributed by atoms with Crippen LogP contribution in [0.5, 0.6) is 0 Å². The van der Waals surface area contributed by atoms with Gasteiger partial charge in [-0.3, -0.25) is 4.90 Å². The molecule has 1 fully saturated rings. The van der Waals surface area contributed by atoms with Gasteiger partial charge in [0.1, 0.15) is 0 Å². The van der Waals surface area contributed by atoms with Crippen molar-refractivity contribution in [3.05, 3.63) is 48.0 Å². The Hall–Kier alpha value is -1.42. The normalized spacial score (nSPS) is 23.5. The summed E-state index contributed by atoms with van der Waals surface area (Å²) in [6.07, 6.45) is 2.27. The summed E-state index contributed by atoms with van der Waals surface area (Å²) in [5.74, 6) is 0. The third kappa shape index (κ3) is 3.10. The van der Waals surface area contributed by atoms with Gasteiger partial charge in [0.05, 0.1) is 6.61 Å². The van der Waals surface area contributed by atoms with Crippen molar-refractivity contribution in [2.75, 3.05) is 26.8 Å². The molecule has 0 aromatic heterocycles. The number of methoxy groups -OCH3 is 1. The van der Waals surface area contributed by atoms with Crippen LogP contribution in [0.25, 0.3) is 10.8 Å². The summed E-state index contributed by atoms with van der Waals surface area (Å²) in [6, 6.07) is 15.8. The Morgan fingerprint density at radius 3 is 2.81 bits per heavy atom. The second-order valence-corrected chi connectivity index (χ2v) is 5.89. The molecule has 2 atom stereocenters. The van der Waals surface area contributed by atoms with E-state index in [9.17, 15) is 0 Å². The van der Waals surface area contributed by atoms with Gasteiger partial charge >= 0.3 is 0 Å². The number of piperidine rings is 1. The second-order valence-electron chi connectivity index (χ2n) is 5.89. The third-order valence-corrected chi connectivity index (χ3v) is 4.48. The van der Waals surface area contributed by atoms with Gasteiger partial charge < -0.3 is 10.5 Å². The van der Waals surface area contributed by atoms with Gasteiger partial charge in [-0.05, 0) is 41.8 Å². The first-order chi connectivity index (χ1) is 10.3. The average Bonchev–Trinajstić information content (AvgIpc) is 2.52. The topological polar surface area (TPSA) is 38.5 Å². The van der Waals surface area contributed by atoms with Crippen molar-refractivity contribution in [1.82, 2.24) is 4.90 Å². The SMILES string of the molecule is COCCN1CCCC(N)C1c1ccc2ccccc2c1. The summed E-state index contributed by atoms with van der Waals surface area (Å²) in [7, 11) is 1.76. The lowest BCUT2D eigenvalue weighted by Gasteiger charge is -2.40. The van der Waals surface area contributed by atoms with E-state index in [4.69, 9.17) is 10.5 Å². The van der Waals surface area contributed by atoms with Crippen LogP contribution in [0, 0.1) is 0 Å². The van der Waals surface area contributed by atoms with E-state index in [-0.39, 0.29) is 6.04 Å². The molecule has 2 aromatic rings. The van der Waals surface area contributed by atoms with Crippen molar-refractivity contribution in [2.45, 2.75) is 24.9 Å². The van der Waals surface area contributed by atoms with Gasteiger partial charge in [0, 0.05) is 25.7 Å². The zero-order valence-corrected chi connectivity index (χ0v) is 12.7. The van der Waals surface area contributed by atoms with Crippen LogP contribution >= 0.6 is 0 Å². The summed E-state index contributed by atoms with van der Waals surface area (Å²) in [5.41, 5.74) is 7.77. The smallest absolute Gasteiger partial charge is 0.0589 e. The van der Waals surface area contributed by atoms with Crippen LogP contribution in [0.3, 0.4) is 0 Å². The number of rotatable bonds is 4. The number of nitrogens with zero attached hydrogens (tertiary/aromatic N) is 1. The molecule has 1 heterocycles. The minimum Gasteiger partial charge on any atom is -0.383 e. The lowest BCUT2D eigenvalue weighted by Crippen LogP contribution is -2.46. The van der Waals surface area contributed by atoms with Crippen molar-refractivity contribution in [3.8, 4) is 0 Å². The molecular weight excluding hydrogens is 260 g/mol. The highest BCUT2D eigenvalue weighted by Crippen LogP contribution is 2.31. The lowest BCUT2D eigenvalue weighted by atomic mass is 9.90. The first kappa shape index (κ1) is 14.5. The van der Waals surface area contributed by atoms with Gasteiger partial charge in [-0.25, -0.2) is 0 Å². The summed E-state index contributed by atoms with van der Waals surface area (Å²) in [5, 5.41) is 2.58. The summed E-state index contributed by atoms with van der Waals surface area (Å²) in [4.78, 5) is 2.47. The molecule has 3 rings (SSSR count). The predicted octanol–water partition coefficient (Wildman–Crippen LogP) is 2.95. The Morgan fingerprint density at radius 1 is 1.19 bits per heavy atom. The van der Waals surface area contributed by atoms with Gasteiger partial charge in [0.2, 0.25) is 0 Å². The van der Waals surface area contributed by atoms with E-state index < -0.39 is 0 Å². The van der Waals surface area contributed by atoms with Crippen LogP contribution in [0.4, 0.5) is 0 Å². The zero-order chi connectivity index (χ0) is 14.7. The Bertz CT molecular complexity index is 599. The summed E-state index contributed by atoms with van der Waals surface area (Å²) < 4.78 is 5.25. The molecule has 1 saturated heterocycles. The molecule has 1 aliphatic rings. The molecule has 0 aliphatic carbocycles. The van der Waals surface area contributed by atoms with Gasteiger partial charge in [-0.1, -0.05) is 36.4 Å².